The highest BCUT2D eigenvalue weighted by Crippen LogP contribution is 2.24. The number of hydrogen-bond donors (Lipinski definition) is 1. The van der Waals surface area contributed by atoms with Gasteiger partial charge in [-0.25, -0.2) is 0 Å². The number of anilines is 1. The van der Waals surface area contributed by atoms with Gasteiger partial charge in [0.2, 0.25) is 0 Å². The topological polar surface area (TPSA) is 73.0 Å². The Kier molecular flexibility index (Phi) is 4.03. The van der Waals surface area contributed by atoms with E-state index in [1.54, 1.807) is 16.8 Å². The molecule has 0 saturated carbocycles. The molecule has 7 heteroatoms. The second kappa shape index (κ2) is 5.55. The number of aromatic nitrogens is 2. The fraction of sp³-hybridized carbons (Fsp3) is 0.250. The van der Waals surface area contributed by atoms with Gasteiger partial charge in [-0.15, -0.1) is 0 Å². The van der Waals surface area contributed by atoms with E-state index in [0.29, 0.717) is 6.54 Å². The molecule has 1 heterocycles. The Hall–Kier alpha value is -1.64. The third-order valence-corrected chi connectivity index (χ3v) is 3.64. The number of nitrogens with zero attached hydrogens (tertiary/aromatic N) is 3. The third-order valence-electron chi connectivity index (χ3n) is 2.75. The highest BCUT2D eigenvalue weighted by molar-refractivity contribution is 14.1. The van der Waals surface area contributed by atoms with E-state index in [-0.39, 0.29) is 5.69 Å². The molecule has 0 aliphatic carbocycles. The van der Waals surface area contributed by atoms with Crippen LogP contribution in [0.4, 0.5) is 11.4 Å². The molecule has 1 aromatic carbocycles. The van der Waals surface area contributed by atoms with E-state index in [4.69, 9.17) is 0 Å². The molecule has 0 spiro atoms. The highest BCUT2D eigenvalue weighted by Gasteiger charge is 2.09. The summed E-state index contributed by atoms with van der Waals surface area (Å²) < 4.78 is 2.60. The van der Waals surface area contributed by atoms with Crippen LogP contribution < -0.4 is 5.32 Å². The van der Waals surface area contributed by atoms with Crippen molar-refractivity contribution in [2.45, 2.75) is 13.5 Å². The molecule has 2 rings (SSSR count). The Balaban J connectivity index is 2.12. The summed E-state index contributed by atoms with van der Waals surface area (Å²) >= 11 is 2.09. The molecule has 19 heavy (non-hydrogen) atoms. The van der Waals surface area contributed by atoms with E-state index in [0.717, 1.165) is 20.5 Å². The number of nitro groups is 1. The van der Waals surface area contributed by atoms with E-state index in [2.05, 4.69) is 33.0 Å². The lowest BCUT2D eigenvalue weighted by Crippen LogP contribution is -2.02. The predicted molar refractivity (Wildman–Crippen MR) is 81.1 cm³/mol. The van der Waals surface area contributed by atoms with Crippen molar-refractivity contribution in [3.8, 4) is 0 Å². The van der Waals surface area contributed by atoms with E-state index < -0.39 is 4.92 Å². The third kappa shape index (κ3) is 3.22. The molecule has 0 unspecified atom stereocenters. The summed E-state index contributed by atoms with van der Waals surface area (Å²) in [5.74, 6) is 0. The number of benzene rings is 1. The number of nitro benzene ring substituents is 1. The monoisotopic (exact) mass is 372 g/mol. The molecule has 0 aliphatic rings. The summed E-state index contributed by atoms with van der Waals surface area (Å²) in [5.41, 5.74) is 3.07. The molecule has 0 radical (unpaired) electrons. The second-order valence-electron chi connectivity index (χ2n) is 4.19. The number of halogens is 1. The lowest BCUT2D eigenvalue weighted by Gasteiger charge is -2.07. The van der Waals surface area contributed by atoms with Crippen LogP contribution >= 0.6 is 22.6 Å². The first-order chi connectivity index (χ1) is 8.97. The van der Waals surface area contributed by atoms with Gasteiger partial charge in [-0.05, 0) is 35.6 Å². The Labute approximate surface area is 124 Å². The van der Waals surface area contributed by atoms with Crippen LogP contribution in [0, 0.1) is 20.6 Å². The van der Waals surface area contributed by atoms with Gasteiger partial charge >= 0.3 is 0 Å². The molecule has 0 saturated heterocycles. The van der Waals surface area contributed by atoms with Crippen LogP contribution in [0.25, 0.3) is 0 Å². The Morgan fingerprint density at radius 3 is 2.79 bits per heavy atom. The van der Waals surface area contributed by atoms with Crippen molar-refractivity contribution in [1.82, 2.24) is 9.78 Å². The van der Waals surface area contributed by atoms with Crippen molar-refractivity contribution < 1.29 is 4.92 Å². The lowest BCUT2D eigenvalue weighted by atomic mass is 10.2. The largest absolute Gasteiger partial charge is 0.380 e. The van der Waals surface area contributed by atoms with Crippen LogP contribution in [0.2, 0.25) is 0 Å². The van der Waals surface area contributed by atoms with Gasteiger partial charge in [0.15, 0.2) is 0 Å². The van der Waals surface area contributed by atoms with Gasteiger partial charge in [0.1, 0.15) is 0 Å². The van der Waals surface area contributed by atoms with Gasteiger partial charge < -0.3 is 5.32 Å². The zero-order chi connectivity index (χ0) is 14.0. The van der Waals surface area contributed by atoms with Crippen molar-refractivity contribution in [1.29, 1.82) is 0 Å². The maximum absolute atomic E-state index is 10.7. The minimum atomic E-state index is -0.392. The van der Waals surface area contributed by atoms with Crippen LogP contribution in [-0.2, 0) is 13.6 Å². The van der Waals surface area contributed by atoms with Crippen LogP contribution in [0.15, 0.2) is 24.4 Å². The molecule has 0 aliphatic heterocycles. The van der Waals surface area contributed by atoms with Crippen molar-refractivity contribution in [2.24, 2.45) is 7.05 Å². The summed E-state index contributed by atoms with van der Waals surface area (Å²) in [7, 11) is 1.88. The molecular formula is C12H13IN4O2. The van der Waals surface area contributed by atoms with Crippen LogP contribution in [-0.4, -0.2) is 14.7 Å². The zero-order valence-electron chi connectivity index (χ0n) is 10.6. The zero-order valence-corrected chi connectivity index (χ0v) is 12.7. The lowest BCUT2D eigenvalue weighted by molar-refractivity contribution is -0.384. The molecule has 0 fully saturated rings. The molecule has 1 N–H and O–H groups in total. The average molecular weight is 372 g/mol. The van der Waals surface area contributed by atoms with Crippen LogP contribution in [0.5, 0.6) is 0 Å². The van der Waals surface area contributed by atoms with Gasteiger partial charge in [0.05, 0.1) is 10.6 Å². The van der Waals surface area contributed by atoms with E-state index in [1.807, 2.05) is 20.2 Å². The number of aryl methyl sites for hydroxylation is 2. The minimum Gasteiger partial charge on any atom is -0.380 e. The van der Waals surface area contributed by atoms with Crippen LogP contribution in [0.3, 0.4) is 0 Å². The van der Waals surface area contributed by atoms with Crippen molar-refractivity contribution in [3.63, 3.8) is 0 Å². The van der Waals surface area contributed by atoms with Gasteiger partial charge in [0, 0.05) is 46.7 Å². The van der Waals surface area contributed by atoms with E-state index in [1.165, 1.54) is 6.07 Å². The number of hydrogen-bond acceptors (Lipinski definition) is 4. The Morgan fingerprint density at radius 1 is 1.53 bits per heavy atom. The first kappa shape index (κ1) is 13.8. The van der Waals surface area contributed by atoms with E-state index in [9.17, 15) is 10.1 Å². The molecule has 0 atom stereocenters. The molecule has 0 bridgehead atoms. The number of non-ortho nitro benzene ring substituents is 1. The highest BCUT2D eigenvalue weighted by atomic mass is 127. The van der Waals surface area contributed by atoms with Crippen molar-refractivity contribution >= 4 is 34.0 Å². The number of rotatable bonds is 4. The fourth-order valence-corrected chi connectivity index (χ4v) is 2.46. The summed E-state index contributed by atoms with van der Waals surface area (Å²) in [6, 6.07) is 4.78. The average Bonchev–Trinajstić information content (AvgIpc) is 2.66. The normalized spacial score (nSPS) is 10.5. The number of nitrogens with one attached hydrogen (secondary N) is 1. The molecule has 6 nitrogen and oxygen atoms in total. The maximum Gasteiger partial charge on any atom is 0.270 e. The molecule has 0 amide bonds. The summed E-state index contributed by atoms with van der Waals surface area (Å²) in [6.45, 7) is 2.60. The van der Waals surface area contributed by atoms with Gasteiger partial charge in [-0.2, -0.15) is 5.10 Å². The van der Waals surface area contributed by atoms with Gasteiger partial charge in [-0.1, -0.05) is 0 Å². The molecule has 100 valence electrons. The second-order valence-corrected chi connectivity index (χ2v) is 5.35. The van der Waals surface area contributed by atoms with Crippen molar-refractivity contribution in [3.05, 3.63) is 49.3 Å². The van der Waals surface area contributed by atoms with E-state index >= 15 is 0 Å². The summed E-state index contributed by atoms with van der Waals surface area (Å²) in [5, 5.41) is 18.2. The fourth-order valence-electron chi connectivity index (χ4n) is 1.77. The van der Waals surface area contributed by atoms with Gasteiger partial charge in [-0.3, -0.25) is 14.8 Å². The van der Waals surface area contributed by atoms with Crippen LogP contribution in [0.1, 0.15) is 11.3 Å². The standard InChI is InChI=1S/C12H13IN4O2/c1-8-9(7-16(2)15-8)6-14-12-4-3-10(17(18)19)5-11(12)13/h3-5,7,14H,6H2,1-2H3. The Morgan fingerprint density at radius 2 is 2.26 bits per heavy atom. The predicted octanol–water partition coefficient (Wildman–Crippen LogP) is 2.85. The summed E-state index contributed by atoms with van der Waals surface area (Å²) in [4.78, 5) is 10.3. The van der Waals surface area contributed by atoms with Gasteiger partial charge in [0.25, 0.3) is 5.69 Å². The maximum atomic E-state index is 10.7. The quantitative estimate of drug-likeness (QED) is 0.509. The smallest absolute Gasteiger partial charge is 0.270 e. The summed E-state index contributed by atoms with van der Waals surface area (Å²) in [6.07, 6.45) is 1.96. The Bertz CT molecular complexity index is 624. The minimum absolute atomic E-state index is 0.104. The SMILES string of the molecule is Cc1nn(C)cc1CNc1ccc([N+](=O)[O-])cc1I. The molecule has 1 aromatic heterocycles. The molecule has 2 aromatic rings. The molecular weight excluding hydrogens is 359 g/mol. The first-order valence-corrected chi connectivity index (χ1v) is 6.72. The van der Waals surface area contributed by atoms with Crippen molar-refractivity contribution in [2.75, 3.05) is 5.32 Å². The first-order valence-electron chi connectivity index (χ1n) is 5.64.